The van der Waals surface area contributed by atoms with E-state index in [2.05, 4.69) is 0 Å². The summed E-state index contributed by atoms with van der Waals surface area (Å²) < 4.78 is 0. The average Bonchev–Trinajstić information content (AvgIpc) is 1.84. The highest BCUT2D eigenvalue weighted by Gasteiger charge is 2.01. The van der Waals surface area contributed by atoms with Crippen LogP contribution in [0.4, 0.5) is 0 Å². The zero-order valence-corrected chi connectivity index (χ0v) is 6.90. The van der Waals surface area contributed by atoms with E-state index in [1.54, 1.807) is 4.90 Å². The molecule has 2 N–H and O–H groups in total. The van der Waals surface area contributed by atoms with Gasteiger partial charge in [0, 0.05) is 20.6 Å². The van der Waals surface area contributed by atoms with E-state index in [9.17, 15) is 0 Å². The molecule has 0 aliphatic heterocycles. The number of hydrogen-bond donors (Lipinski definition) is 1. The number of nitrogens with two attached hydrogens (primary N) is 1. The third kappa shape index (κ3) is 2.62. The maximum atomic E-state index is 5.47. The summed E-state index contributed by atoms with van der Waals surface area (Å²) in [7, 11) is 3.75. The van der Waals surface area contributed by atoms with Crippen LogP contribution in [-0.4, -0.2) is 35.7 Å². The van der Waals surface area contributed by atoms with E-state index in [4.69, 9.17) is 18.1 Å². The van der Waals surface area contributed by atoms with Gasteiger partial charge < -0.3 is 4.90 Å². The Kier molecular flexibility index (Phi) is 3.49. The first-order chi connectivity index (χ1) is 4.09. The summed E-state index contributed by atoms with van der Waals surface area (Å²) in [5, 5.41) is 2.19. The standard InChI is InChI=1S/C5H13N3S/c1-4-8(6)5(9)7(2)3/h4,6H2,1-3H3. The van der Waals surface area contributed by atoms with Gasteiger partial charge in [0.05, 0.1) is 0 Å². The highest BCUT2D eigenvalue weighted by atomic mass is 32.1. The lowest BCUT2D eigenvalue weighted by molar-refractivity contribution is 0.408. The van der Waals surface area contributed by atoms with E-state index >= 15 is 0 Å². The lowest BCUT2D eigenvalue weighted by Crippen LogP contribution is -2.43. The van der Waals surface area contributed by atoms with E-state index in [0.717, 1.165) is 6.54 Å². The molecule has 0 aliphatic rings. The van der Waals surface area contributed by atoms with Gasteiger partial charge in [-0.3, -0.25) is 5.01 Å². The van der Waals surface area contributed by atoms with Gasteiger partial charge in [-0.1, -0.05) is 0 Å². The monoisotopic (exact) mass is 147 g/mol. The average molecular weight is 147 g/mol. The largest absolute Gasteiger partial charge is 0.354 e. The number of thiocarbonyl (C=S) groups is 1. The third-order valence-electron chi connectivity index (χ3n) is 0.969. The smallest absolute Gasteiger partial charge is 0.185 e. The van der Waals surface area contributed by atoms with E-state index < -0.39 is 0 Å². The van der Waals surface area contributed by atoms with Crippen LogP contribution in [0.25, 0.3) is 0 Å². The van der Waals surface area contributed by atoms with Crippen LogP contribution in [0.1, 0.15) is 6.92 Å². The van der Waals surface area contributed by atoms with Crippen molar-refractivity contribution in [2.45, 2.75) is 6.92 Å². The zero-order valence-electron chi connectivity index (χ0n) is 6.09. The molecule has 0 amide bonds. The second-order valence-corrected chi connectivity index (χ2v) is 2.33. The van der Waals surface area contributed by atoms with Crippen molar-refractivity contribution in [2.24, 2.45) is 5.84 Å². The normalized spacial score (nSPS) is 8.89. The van der Waals surface area contributed by atoms with E-state index in [1.165, 1.54) is 5.01 Å². The van der Waals surface area contributed by atoms with Crippen molar-refractivity contribution < 1.29 is 0 Å². The summed E-state index contributed by atoms with van der Waals surface area (Å²) in [4.78, 5) is 1.80. The van der Waals surface area contributed by atoms with E-state index in [0.29, 0.717) is 5.11 Å². The Morgan fingerprint density at radius 2 is 2.00 bits per heavy atom. The predicted molar refractivity (Wildman–Crippen MR) is 42.9 cm³/mol. The summed E-state index contributed by atoms with van der Waals surface area (Å²) in [5.41, 5.74) is 0. The van der Waals surface area contributed by atoms with Crippen molar-refractivity contribution in [3.8, 4) is 0 Å². The molecule has 0 spiro atoms. The lowest BCUT2D eigenvalue weighted by Gasteiger charge is -2.22. The second kappa shape index (κ2) is 3.63. The summed E-state index contributed by atoms with van der Waals surface area (Å²) in [6, 6.07) is 0. The van der Waals surface area contributed by atoms with Gasteiger partial charge in [0.25, 0.3) is 0 Å². The van der Waals surface area contributed by atoms with Crippen molar-refractivity contribution in [1.29, 1.82) is 0 Å². The van der Waals surface area contributed by atoms with Crippen LogP contribution in [-0.2, 0) is 0 Å². The molecule has 4 heteroatoms. The molecule has 0 unspecified atom stereocenters. The van der Waals surface area contributed by atoms with Gasteiger partial charge in [0.2, 0.25) is 0 Å². The minimum Gasteiger partial charge on any atom is -0.354 e. The van der Waals surface area contributed by atoms with Crippen LogP contribution >= 0.6 is 12.2 Å². The number of nitrogens with zero attached hydrogens (tertiary/aromatic N) is 2. The Bertz CT molecular complexity index is 102. The third-order valence-corrected chi connectivity index (χ3v) is 1.57. The summed E-state index contributed by atoms with van der Waals surface area (Å²) in [6.45, 7) is 2.70. The zero-order chi connectivity index (χ0) is 7.44. The molecule has 0 rings (SSSR count). The fraction of sp³-hybridized carbons (Fsp3) is 0.800. The van der Waals surface area contributed by atoms with Crippen molar-refractivity contribution in [3.63, 3.8) is 0 Å². The van der Waals surface area contributed by atoms with Gasteiger partial charge in [-0.05, 0) is 19.1 Å². The van der Waals surface area contributed by atoms with Crippen molar-refractivity contribution in [2.75, 3.05) is 20.6 Å². The SMILES string of the molecule is CCN(N)C(=S)N(C)C. The maximum Gasteiger partial charge on any atom is 0.185 e. The fourth-order valence-corrected chi connectivity index (χ4v) is 0.521. The van der Waals surface area contributed by atoms with Gasteiger partial charge >= 0.3 is 0 Å². The Morgan fingerprint density at radius 3 is 2.11 bits per heavy atom. The fourth-order valence-electron chi connectivity index (χ4n) is 0.392. The van der Waals surface area contributed by atoms with Crippen molar-refractivity contribution in [3.05, 3.63) is 0 Å². The molecule has 0 atom stereocenters. The first-order valence-corrected chi connectivity index (χ1v) is 3.24. The molecule has 0 saturated heterocycles. The molecule has 0 radical (unpaired) electrons. The molecular weight excluding hydrogens is 134 g/mol. The van der Waals surface area contributed by atoms with E-state index in [-0.39, 0.29) is 0 Å². The minimum absolute atomic E-state index is 0.664. The molecule has 0 aromatic carbocycles. The minimum atomic E-state index is 0.664. The molecule has 9 heavy (non-hydrogen) atoms. The van der Waals surface area contributed by atoms with Gasteiger partial charge in [-0.25, -0.2) is 5.84 Å². The lowest BCUT2D eigenvalue weighted by atomic mass is 10.7. The predicted octanol–water partition coefficient (Wildman–Crippen LogP) is 0.0285. The summed E-state index contributed by atoms with van der Waals surface area (Å²) >= 11 is 4.93. The second-order valence-electron chi connectivity index (χ2n) is 1.96. The molecule has 54 valence electrons. The Hall–Kier alpha value is -0.350. The van der Waals surface area contributed by atoms with E-state index in [1.807, 2.05) is 21.0 Å². The van der Waals surface area contributed by atoms with Crippen molar-refractivity contribution >= 4 is 17.3 Å². The van der Waals surface area contributed by atoms with Gasteiger partial charge in [0.1, 0.15) is 0 Å². The molecule has 0 aliphatic carbocycles. The van der Waals surface area contributed by atoms with Crippen LogP contribution < -0.4 is 5.84 Å². The topological polar surface area (TPSA) is 32.5 Å². The van der Waals surface area contributed by atoms with Gasteiger partial charge in [-0.15, -0.1) is 0 Å². The van der Waals surface area contributed by atoms with Crippen molar-refractivity contribution in [1.82, 2.24) is 9.91 Å². The maximum absolute atomic E-state index is 5.47. The van der Waals surface area contributed by atoms with Crippen LogP contribution in [0.3, 0.4) is 0 Å². The quantitative estimate of drug-likeness (QED) is 0.322. The summed E-state index contributed by atoms with van der Waals surface area (Å²) in [5.74, 6) is 5.47. The molecule has 0 aromatic heterocycles. The number of hydrazine groups is 1. The van der Waals surface area contributed by atoms with Crippen LogP contribution in [0.5, 0.6) is 0 Å². The molecular formula is C5H13N3S. The molecule has 0 aromatic rings. The Balaban J connectivity index is 3.73. The van der Waals surface area contributed by atoms with Gasteiger partial charge in [0.15, 0.2) is 5.11 Å². The first kappa shape index (κ1) is 8.65. The Labute approximate surface area is 61.4 Å². The highest BCUT2D eigenvalue weighted by molar-refractivity contribution is 7.80. The molecule has 0 fully saturated rings. The van der Waals surface area contributed by atoms with Crippen LogP contribution in [0.15, 0.2) is 0 Å². The molecule has 0 heterocycles. The molecule has 0 bridgehead atoms. The molecule has 0 saturated carbocycles. The molecule has 3 nitrogen and oxygen atoms in total. The highest BCUT2D eigenvalue weighted by Crippen LogP contribution is 1.86. The van der Waals surface area contributed by atoms with Crippen LogP contribution in [0.2, 0.25) is 0 Å². The Morgan fingerprint density at radius 1 is 1.56 bits per heavy atom. The van der Waals surface area contributed by atoms with Gasteiger partial charge in [-0.2, -0.15) is 0 Å². The van der Waals surface area contributed by atoms with Crippen LogP contribution in [0, 0.1) is 0 Å². The number of hydrogen-bond acceptors (Lipinski definition) is 2. The first-order valence-electron chi connectivity index (χ1n) is 2.83. The number of rotatable bonds is 1. The summed E-state index contributed by atoms with van der Waals surface area (Å²) in [6.07, 6.45) is 0.